The predicted molar refractivity (Wildman–Crippen MR) is 56.4 cm³/mol. The third-order valence-electron chi connectivity index (χ3n) is 3.73. The summed E-state index contributed by atoms with van der Waals surface area (Å²) in [5, 5.41) is 0.603. The molecule has 2 bridgehead atoms. The smallest absolute Gasteiger partial charge is 0.329 e. The predicted octanol–water partition coefficient (Wildman–Crippen LogP) is 0.491. The number of amides is 2. The second-order valence-corrected chi connectivity index (χ2v) is 4.83. The number of hydroxylamine groups is 2. The minimum atomic E-state index is -0.784. The van der Waals surface area contributed by atoms with E-state index in [4.69, 9.17) is 11.6 Å². The van der Waals surface area contributed by atoms with Crippen LogP contribution in [-0.4, -0.2) is 28.7 Å². The van der Waals surface area contributed by atoms with E-state index in [9.17, 15) is 14.4 Å². The van der Waals surface area contributed by atoms with Crippen molar-refractivity contribution in [3.8, 4) is 0 Å². The molecule has 0 radical (unpaired) electrons. The molecule has 2 aliphatic carbocycles. The summed E-state index contributed by atoms with van der Waals surface area (Å²) >= 11 is 5.28. The highest BCUT2D eigenvalue weighted by Gasteiger charge is 2.60. The summed E-state index contributed by atoms with van der Waals surface area (Å²) in [5.41, 5.74) is 0. The van der Waals surface area contributed by atoms with Crippen molar-refractivity contribution in [3.63, 3.8) is 0 Å². The molecule has 4 unspecified atom stereocenters. The molecule has 0 aromatic heterocycles. The van der Waals surface area contributed by atoms with E-state index in [0.717, 1.165) is 6.42 Å². The van der Waals surface area contributed by atoms with Gasteiger partial charge in [0.25, 0.3) is 11.8 Å². The van der Waals surface area contributed by atoms with Crippen LogP contribution in [0.5, 0.6) is 0 Å². The molecule has 3 aliphatic rings. The molecule has 2 amide bonds. The molecule has 0 N–H and O–H groups in total. The molecule has 4 atom stereocenters. The highest BCUT2D eigenvalue weighted by Crippen LogP contribution is 2.52. The van der Waals surface area contributed by atoms with Crippen molar-refractivity contribution in [2.75, 3.05) is 5.88 Å². The zero-order valence-electron chi connectivity index (χ0n) is 8.84. The lowest BCUT2D eigenvalue weighted by Crippen LogP contribution is -2.35. The monoisotopic (exact) mass is 255 g/mol. The molecule has 3 rings (SSSR count). The van der Waals surface area contributed by atoms with Crippen LogP contribution >= 0.6 is 11.6 Å². The summed E-state index contributed by atoms with van der Waals surface area (Å²) in [4.78, 5) is 39.7. The van der Waals surface area contributed by atoms with Gasteiger partial charge in [0.05, 0.1) is 11.8 Å². The number of halogens is 1. The Hall–Kier alpha value is -1.36. The molecule has 2 fully saturated rings. The first-order valence-corrected chi connectivity index (χ1v) is 6.00. The van der Waals surface area contributed by atoms with Crippen LogP contribution in [0.25, 0.3) is 0 Å². The Bertz CT molecular complexity index is 417. The van der Waals surface area contributed by atoms with Crippen LogP contribution in [0.2, 0.25) is 0 Å². The zero-order valence-corrected chi connectivity index (χ0v) is 9.59. The third-order valence-corrected chi connectivity index (χ3v) is 3.95. The van der Waals surface area contributed by atoms with Crippen LogP contribution < -0.4 is 0 Å². The van der Waals surface area contributed by atoms with Crippen molar-refractivity contribution >= 4 is 29.4 Å². The van der Waals surface area contributed by atoms with Gasteiger partial charge in [0.1, 0.15) is 5.88 Å². The molecule has 0 spiro atoms. The lowest BCUT2D eigenvalue weighted by molar-refractivity contribution is -0.197. The number of hydrogen-bond acceptors (Lipinski definition) is 4. The van der Waals surface area contributed by atoms with Crippen LogP contribution in [0, 0.1) is 23.7 Å². The fraction of sp³-hybridized carbons (Fsp3) is 0.545. The number of carbonyl (C=O) groups is 3. The molecule has 1 aliphatic heterocycles. The standard InChI is InChI=1S/C11H10ClNO4/c12-4-7(14)17-13-10(15)8-5-1-2-6(3-5)9(8)11(13)16/h1-2,5-6,8-9H,3-4H2. The van der Waals surface area contributed by atoms with Gasteiger partial charge >= 0.3 is 5.97 Å². The number of nitrogens with zero attached hydrogens (tertiary/aromatic N) is 1. The average Bonchev–Trinajstić information content (AvgIpc) is 2.98. The molecule has 6 heteroatoms. The lowest BCUT2D eigenvalue weighted by atomic mass is 9.85. The van der Waals surface area contributed by atoms with Crippen LogP contribution in [0.1, 0.15) is 6.42 Å². The second kappa shape index (κ2) is 3.57. The quantitative estimate of drug-likeness (QED) is 0.409. The molecule has 1 saturated heterocycles. The van der Waals surface area contributed by atoms with Crippen molar-refractivity contribution < 1.29 is 19.2 Å². The molecular formula is C11H10ClNO4. The summed E-state index contributed by atoms with van der Waals surface area (Å²) in [6, 6.07) is 0. The summed E-state index contributed by atoms with van der Waals surface area (Å²) < 4.78 is 0. The molecule has 1 heterocycles. The van der Waals surface area contributed by atoms with Gasteiger partial charge in [-0.25, -0.2) is 4.79 Å². The number of hydrogen-bond donors (Lipinski definition) is 0. The van der Waals surface area contributed by atoms with E-state index in [1.165, 1.54) is 0 Å². The molecule has 0 aromatic rings. The first-order chi connectivity index (χ1) is 8.13. The Morgan fingerprint density at radius 3 is 2.29 bits per heavy atom. The van der Waals surface area contributed by atoms with Crippen LogP contribution in [0.4, 0.5) is 0 Å². The Balaban J connectivity index is 1.85. The topological polar surface area (TPSA) is 63.7 Å². The van der Waals surface area contributed by atoms with Crippen molar-refractivity contribution in [3.05, 3.63) is 12.2 Å². The van der Waals surface area contributed by atoms with Crippen LogP contribution in [0.15, 0.2) is 12.2 Å². The Morgan fingerprint density at radius 2 is 1.82 bits per heavy atom. The minimum absolute atomic E-state index is 0.112. The van der Waals surface area contributed by atoms with Gasteiger partial charge in [0, 0.05) is 0 Å². The van der Waals surface area contributed by atoms with Crippen molar-refractivity contribution in [2.45, 2.75) is 6.42 Å². The number of fused-ring (bicyclic) bond motifs is 5. The van der Waals surface area contributed by atoms with Crippen molar-refractivity contribution in [2.24, 2.45) is 23.7 Å². The fourth-order valence-corrected chi connectivity index (χ4v) is 3.14. The second-order valence-electron chi connectivity index (χ2n) is 4.57. The van der Waals surface area contributed by atoms with Gasteiger partial charge in [0.15, 0.2) is 0 Å². The molecular weight excluding hydrogens is 246 g/mol. The zero-order chi connectivity index (χ0) is 12.2. The van der Waals surface area contributed by atoms with E-state index in [-0.39, 0.29) is 29.6 Å². The Kier molecular flexibility index (Phi) is 2.26. The highest BCUT2D eigenvalue weighted by molar-refractivity contribution is 6.26. The Morgan fingerprint density at radius 1 is 1.29 bits per heavy atom. The van der Waals surface area contributed by atoms with Gasteiger partial charge in [0.2, 0.25) is 0 Å². The molecule has 5 nitrogen and oxygen atoms in total. The van der Waals surface area contributed by atoms with Crippen LogP contribution in [0.3, 0.4) is 0 Å². The number of carbonyl (C=O) groups excluding carboxylic acids is 3. The molecule has 17 heavy (non-hydrogen) atoms. The van der Waals surface area contributed by atoms with E-state index in [1.54, 1.807) is 0 Å². The summed E-state index contributed by atoms with van der Waals surface area (Å²) in [6.07, 6.45) is 4.80. The normalized spacial score (nSPS) is 37.8. The van der Waals surface area contributed by atoms with E-state index in [2.05, 4.69) is 4.84 Å². The summed E-state index contributed by atoms with van der Waals surface area (Å²) in [5.74, 6) is -2.44. The van der Waals surface area contributed by atoms with Crippen LogP contribution in [-0.2, 0) is 19.2 Å². The van der Waals surface area contributed by atoms with Crippen molar-refractivity contribution in [1.29, 1.82) is 0 Å². The first kappa shape index (κ1) is 10.8. The number of allylic oxidation sites excluding steroid dienone is 2. The largest absolute Gasteiger partial charge is 0.347 e. The van der Waals surface area contributed by atoms with Gasteiger partial charge in [-0.3, -0.25) is 9.59 Å². The molecule has 0 aromatic carbocycles. The molecule has 90 valence electrons. The number of alkyl halides is 1. The van der Waals surface area contributed by atoms with Gasteiger partial charge < -0.3 is 4.84 Å². The Labute approximate surface area is 102 Å². The third kappa shape index (κ3) is 1.35. The SMILES string of the molecule is O=C(CCl)ON1C(=O)C2C3C=CC(C3)C2C1=O. The van der Waals surface area contributed by atoms with Gasteiger partial charge in [-0.1, -0.05) is 12.2 Å². The van der Waals surface area contributed by atoms with E-state index in [1.807, 2.05) is 12.2 Å². The van der Waals surface area contributed by atoms with Gasteiger partial charge in [-0.15, -0.1) is 16.7 Å². The van der Waals surface area contributed by atoms with Crippen molar-refractivity contribution in [1.82, 2.24) is 5.06 Å². The average molecular weight is 256 g/mol. The maximum Gasteiger partial charge on any atom is 0.347 e. The number of imide groups is 1. The van der Waals surface area contributed by atoms with E-state index in [0.29, 0.717) is 5.06 Å². The minimum Gasteiger partial charge on any atom is -0.329 e. The number of rotatable bonds is 2. The maximum absolute atomic E-state index is 12.0. The summed E-state index contributed by atoms with van der Waals surface area (Å²) in [6.45, 7) is 0. The van der Waals surface area contributed by atoms with Gasteiger partial charge in [-0.05, 0) is 18.3 Å². The maximum atomic E-state index is 12.0. The van der Waals surface area contributed by atoms with E-state index < -0.39 is 17.8 Å². The van der Waals surface area contributed by atoms with E-state index >= 15 is 0 Å². The lowest BCUT2D eigenvalue weighted by Gasteiger charge is -2.14. The highest BCUT2D eigenvalue weighted by atomic mass is 35.5. The molecule has 1 saturated carbocycles. The fourth-order valence-electron chi connectivity index (χ4n) is 3.09. The summed E-state index contributed by atoms with van der Waals surface area (Å²) in [7, 11) is 0. The first-order valence-electron chi connectivity index (χ1n) is 5.46. The van der Waals surface area contributed by atoms with Gasteiger partial charge in [-0.2, -0.15) is 0 Å².